The van der Waals surface area contributed by atoms with E-state index in [9.17, 15) is 12.8 Å². The number of nitrogens with zero attached hydrogens (tertiary/aromatic N) is 2. The average Bonchev–Trinajstić information content (AvgIpc) is 2.41. The van der Waals surface area contributed by atoms with Crippen molar-refractivity contribution in [3.05, 3.63) is 29.0 Å². The Balaban J connectivity index is 3.15. The summed E-state index contributed by atoms with van der Waals surface area (Å²) in [5.74, 6) is -0.992. The highest BCUT2D eigenvalue weighted by atomic mass is 35.5. The second-order valence-electron chi connectivity index (χ2n) is 3.86. The van der Waals surface area contributed by atoms with Gasteiger partial charge in [0.15, 0.2) is 5.82 Å². The lowest BCUT2D eigenvalue weighted by molar-refractivity contribution is 0.179. The average molecular weight is 321 g/mol. The lowest BCUT2D eigenvalue weighted by Gasteiger charge is -2.21. The third kappa shape index (κ3) is 3.90. The fourth-order valence-corrected chi connectivity index (χ4v) is 3.28. The van der Waals surface area contributed by atoms with E-state index in [0.29, 0.717) is 0 Å². The number of hydrogen-bond donors (Lipinski definition) is 0. The Bertz CT molecular complexity index is 601. The number of rotatable bonds is 7. The van der Waals surface area contributed by atoms with Crippen molar-refractivity contribution < 1.29 is 17.5 Å². The summed E-state index contributed by atoms with van der Waals surface area (Å²) in [5, 5.41) is 8.31. The molecule has 0 saturated carbocycles. The number of methoxy groups -OCH3 is 1. The number of halogens is 2. The first-order valence-corrected chi connectivity index (χ1v) is 7.57. The molecule has 0 fully saturated rings. The Labute approximate surface area is 122 Å². The van der Waals surface area contributed by atoms with Crippen LogP contribution in [0.2, 0.25) is 5.02 Å². The summed E-state index contributed by atoms with van der Waals surface area (Å²) in [6, 6.07) is 5.63. The standard InChI is InChI=1S/C12H14ClFN2O3S/c1-19-9-8-16(7-3-6-15)20(17,18)11-5-2-4-10(13)12(11)14/h2,4-5H,3,7-9H2,1H3. The molecule has 5 nitrogen and oxygen atoms in total. The van der Waals surface area contributed by atoms with Gasteiger partial charge in [-0.25, -0.2) is 12.8 Å². The molecular formula is C12H14ClFN2O3S. The third-order valence-electron chi connectivity index (χ3n) is 2.55. The molecule has 0 aliphatic heterocycles. The number of sulfonamides is 1. The topological polar surface area (TPSA) is 70.4 Å². The highest BCUT2D eigenvalue weighted by Gasteiger charge is 2.27. The fourth-order valence-electron chi connectivity index (χ4n) is 1.54. The van der Waals surface area contributed by atoms with Crippen LogP contribution in [-0.2, 0) is 14.8 Å². The fraction of sp³-hybridized carbons (Fsp3) is 0.417. The predicted molar refractivity (Wildman–Crippen MR) is 72.3 cm³/mol. The molecule has 8 heteroatoms. The van der Waals surface area contributed by atoms with E-state index >= 15 is 0 Å². The normalized spacial score (nSPS) is 11.6. The minimum atomic E-state index is -4.06. The summed E-state index contributed by atoms with van der Waals surface area (Å²) in [4.78, 5) is -0.501. The Morgan fingerprint density at radius 2 is 2.15 bits per heavy atom. The van der Waals surface area contributed by atoms with Gasteiger partial charge in [-0.1, -0.05) is 17.7 Å². The Morgan fingerprint density at radius 3 is 2.75 bits per heavy atom. The minimum absolute atomic E-state index is 0.00509. The van der Waals surface area contributed by atoms with Crippen molar-refractivity contribution in [3.8, 4) is 6.07 Å². The van der Waals surface area contributed by atoms with E-state index in [-0.39, 0.29) is 31.1 Å². The molecule has 0 bridgehead atoms. The van der Waals surface area contributed by atoms with E-state index in [4.69, 9.17) is 21.6 Å². The van der Waals surface area contributed by atoms with E-state index in [1.807, 2.05) is 6.07 Å². The van der Waals surface area contributed by atoms with Crippen molar-refractivity contribution in [3.63, 3.8) is 0 Å². The Hall–Kier alpha value is -1.20. The first-order chi connectivity index (χ1) is 9.45. The van der Waals surface area contributed by atoms with Crippen LogP contribution in [0, 0.1) is 17.1 Å². The van der Waals surface area contributed by atoms with Gasteiger partial charge in [-0.05, 0) is 12.1 Å². The highest BCUT2D eigenvalue weighted by Crippen LogP contribution is 2.24. The van der Waals surface area contributed by atoms with Gasteiger partial charge >= 0.3 is 0 Å². The molecule has 0 spiro atoms. The van der Waals surface area contributed by atoms with Crippen LogP contribution < -0.4 is 0 Å². The Kier molecular flexibility index (Phi) is 6.36. The molecule has 0 aliphatic rings. The predicted octanol–water partition coefficient (Wildman–Crippen LogP) is 2.03. The molecular weight excluding hydrogens is 307 g/mol. The summed E-state index contributed by atoms with van der Waals surface area (Å²) in [5.41, 5.74) is 0. The van der Waals surface area contributed by atoms with E-state index in [2.05, 4.69) is 0 Å². The van der Waals surface area contributed by atoms with E-state index in [1.165, 1.54) is 19.2 Å². The lowest BCUT2D eigenvalue weighted by atomic mass is 10.3. The van der Waals surface area contributed by atoms with Crippen molar-refractivity contribution in [2.75, 3.05) is 26.8 Å². The molecule has 0 radical (unpaired) electrons. The second kappa shape index (κ2) is 7.55. The van der Waals surface area contributed by atoms with Crippen molar-refractivity contribution in [1.82, 2.24) is 4.31 Å². The first kappa shape index (κ1) is 16.9. The van der Waals surface area contributed by atoms with Crippen molar-refractivity contribution >= 4 is 21.6 Å². The summed E-state index contributed by atoms with van der Waals surface area (Å²) >= 11 is 5.60. The SMILES string of the molecule is COCCN(CCC#N)S(=O)(=O)c1cccc(Cl)c1F. The van der Waals surface area contributed by atoms with Crippen LogP contribution >= 0.6 is 11.6 Å². The summed E-state index contributed by atoms with van der Waals surface area (Å²) in [6.45, 7) is 0.146. The zero-order valence-corrected chi connectivity index (χ0v) is 12.4. The zero-order valence-electron chi connectivity index (χ0n) is 10.8. The molecule has 20 heavy (non-hydrogen) atoms. The van der Waals surface area contributed by atoms with Gasteiger partial charge in [-0.2, -0.15) is 9.57 Å². The molecule has 0 atom stereocenters. The molecule has 1 aromatic carbocycles. The summed E-state index contributed by atoms with van der Waals surface area (Å²) in [6.07, 6.45) is 0.00509. The van der Waals surface area contributed by atoms with Crippen LogP contribution in [-0.4, -0.2) is 39.5 Å². The van der Waals surface area contributed by atoms with Crippen LogP contribution in [0.5, 0.6) is 0 Å². The quantitative estimate of drug-likeness (QED) is 0.770. The molecule has 0 heterocycles. The van der Waals surface area contributed by atoms with E-state index < -0.39 is 20.7 Å². The van der Waals surface area contributed by atoms with Crippen LogP contribution in [0.3, 0.4) is 0 Å². The smallest absolute Gasteiger partial charge is 0.246 e. The minimum Gasteiger partial charge on any atom is -0.383 e. The van der Waals surface area contributed by atoms with Gasteiger partial charge in [-0.3, -0.25) is 0 Å². The van der Waals surface area contributed by atoms with Gasteiger partial charge in [0, 0.05) is 26.6 Å². The molecule has 0 N–H and O–H groups in total. The first-order valence-electron chi connectivity index (χ1n) is 5.75. The summed E-state index contributed by atoms with van der Waals surface area (Å²) < 4.78 is 44.5. The van der Waals surface area contributed by atoms with E-state index in [1.54, 1.807) is 0 Å². The van der Waals surface area contributed by atoms with Gasteiger partial charge in [0.1, 0.15) is 4.90 Å². The molecule has 0 aliphatic carbocycles. The monoisotopic (exact) mass is 320 g/mol. The number of benzene rings is 1. The number of ether oxygens (including phenoxy) is 1. The zero-order chi connectivity index (χ0) is 15.2. The number of nitriles is 1. The van der Waals surface area contributed by atoms with Crippen molar-refractivity contribution in [1.29, 1.82) is 5.26 Å². The molecule has 1 rings (SSSR count). The van der Waals surface area contributed by atoms with Gasteiger partial charge < -0.3 is 4.74 Å². The third-order valence-corrected chi connectivity index (χ3v) is 4.76. The van der Waals surface area contributed by atoms with Crippen LogP contribution in [0.4, 0.5) is 4.39 Å². The van der Waals surface area contributed by atoms with E-state index in [0.717, 1.165) is 10.4 Å². The molecule has 1 aromatic rings. The maximum Gasteiger partial charge on any atom is 0.246 e. The van der Waals surface area contributed by atoms with Crippen LogP contribution in [0.1, 0.15) is 6.42 Å². The summed E-state index contributed by atoms with van der Waals surface area (Å²) in [7, 11) is -2.63. The lowest BCUT2D eigenvalue weighted by Crippen LogP contribution is -2.35. The van der Waals surface area contributed by atoms with Gasteiger partial charge in [0.25, 0.3) is 0 Å². The Morgan fingerprint density at radius 1 is 1.45 bits per heavy atom. The van der Waals surface area contributed by atoms with Gasteiger partial charge in [0.2, 0.25) is 10.0 Å². The molecule has 0 aromatic heterocycles. The second-order valence-corrected chi connectivity index (χ2v) is 6.17. The van der Waals surface area contributed by atoms with Gasteiger partial charge in [-0.15, -0.1) is 0 Å². The van der Waals surface area contributed by atoms with Crippen LogP contribution in [0.15, 0.2) is 23.1 Å². The molecule has 0 saturated heterocycles. The largest absolute Gasteiger partial charge is 0.383 e. The van der Waals surface area contributed by atoms with Crippen molar-refractivity contribution in [2.45, 2.75) is 11.3 Å². The van der Waals surface area contributed by atoms with Crippen LogP contribution in [0.25, 0.3) is 0 Å². The molecule has 110 valence electrons. The highest BCUT2D eigenvalue weighted by molar-refractivity contribution is 7.89. The maximum absolute atomic E-state index is 13.9. The van der Waals surface area contributed by atoms with Crippen molar-refractivity contribution in [2.24, 2.45) is 0 Å². The maximum atomic E-state index is 13.9. The van der Waals surface area contributed by atoms with Gasteiger partial charge in [0.05, 0.1) is 17.7 Å². The molecule has 0 unspecified atom stereocenters. The molecule has 0 amide bonds. The number of hydrogen-bond acceptors (Lipinski definition) is 4.